The molecule has 3 N–H and O–H groups in total. The summed E-state index contributed by atoms with van der Waals surface area (Å²) in [6, 6.07) is 3.40. The molecule has 18 heavy (non-hydrogen) atoms. The van der Waals surface area contributed by atoms with Crippen LogP contribution in [-0.2, 0) is 4.79 Å². The molecule has 2 unspecified atom stereocenters. The van der Waals surface area contributed by atoms with Crippen molar-refractivity contribution in [1.82, 2.24) is 0 Å². The number of benzene rings is 1. The van der Waals surface area contributed by atoms with Gasteiger partial charge in [-0.1, -0.05) is 6.92 Å². The first-order valence-electron chi connectivity index (χ1n) is 5.86. The van der Waals surface area contributed by atoms with Crippen LogP contribution in [0.4, 0.5) is 0 Å². The second kappa shape index (κ2) is 4.86. The van der Waals surface area contributed by atoms with Gasteiger partial charge < -0.3 is 20.3 Å². The van der Waals surface area contributed by atoms with Gasteiger partial charge in [-0.3, -0.25) is 4.79 Å². The number of fused-ring (bicyclic) bond motifs is 1. The van der Waals surface area contributed by atoms with Crippen LogP contribution >= 0.6 is 0 Å². The number of rotatable bonds is 4. The van der Waals surface area contributed by atoms with Crippen LogP contribution in [-0.4, -0.2) is 17.9 Å². The number of aliphatic carboxylic acids is 1. The third-order valence-corrected chi connectivity index (χ3v) is 3.23. The monoisotopic (exact) mass is 251 g/mol. The largest absolute Gasteiger partial charge is 0.481 e. The van der Waals surface area contributed by atoms with Crippen molar-refractivity contribution in [3.8, 4) is 11.5 Å². The maximum atomic E-state index is 10.7. The predicted molar refractivity (Wildman–Crippen MR) is 65.6 cm³/mol. The van der Waals surface area contributed by atoms with Crippen molar-refractivity contribution >= 4 is 5.97 Å². The molecule has 1 aromatic carbocycles. The Hall–Kier alpha value is -1.75. The number of hydrogen-bond donors (Lipinski definition) is 2. The van der Waals surface area contributed by atoms with E-state index in [1.54, 1.807) is 0 Å². The number of carbonyl (C=O) groups is 1. The van der Waals surface area contributed by atoms with E-state index in [9.17, 15) is 4.79 Å². The van der Waals surface area contributed by atoms with Gasteiger partial charge in [-0.2, -0.15) is 0 Å². The fraction of sp³-hybridized carbons (Fsp3) is 0.462. The van der Waals surface area contributed by atoms with Crippen molar-refractivity contribution in [3.05, 3.63) is 23.3 Å². The maximum Gasteiger partial charge on any atom is 0.303 e. The lowest BCUT2D eigenvalue weighted by molar-refractivity contribution is -0.138. The lowest BCUT2D eigenvalue weighted by Crippen LogP contribution is -2.22. The van der Waals surface area contributed by atoms with Gasteiger partial charge in [0.2, 0.25) is 6.79 Å². The molecule has 5 nitrogen and oxygen atoms in total. The van der Waals surface area contributed by atoms with E-state index >= 15 is 0 Å². The van der Waals surface area contributed by atoms with E-state index in [2.05, 4.69) is 0 Å². The Morgan fingerprint density at radius 1 is 1.44 bits per heavy atom. The Morgan fingerprint density at radius 2 is 2.06 bits per heavy atom. The van der Waals surface area contributed by atoms with Gasteiger partial charge in [0.15, 0.2) is 11.5 Å². The molecule has 0 amide bonds. The molecule has 2 atom stereocenters. The smallest absolute Gasteiger partial charge is 0.303 e. The van der Waals surface area contributed by atoms with Crippen LogP contribution in [0.25, 0.3) is 0 Å². The Labute approximate surface area is 106 Å². The SMILES string of the molecule is Cc1cc2c(cc1C(N)C(C)CC(=O)O)OCO2. The van der Waals surface area contributed by atoms with Crippen LogP contribution in [0.15, 0.2) is 12.1 Å². The third-order valence-electron chi connectivity index (χ3n) is 3.23. The zero-order valence-electron chi connectivity index (χ0n) is 10.5. The molecule has 0 fully saturated rings. The van der Waals surface area contributed by atoms with E-state index in [0.717, 1.165) is 11.1 Å². The zero-order chi connectivity index (χ0) is 13.3. The highest BCUT2D eigenvalue weighted by molar-refractivity contribution is 5.67. The number of ether oxygens (including phenoxy) is 2. The minimum atomic E-state index is -0.837. The lowest BCUT2D eigenvalue weighted by Gasteiger charge is -2.21. The predicted octanol–water partition coefficient (Wildman–Crippen LogP) is 1.83. The van der Waals surface area contributed by atoms with Crippen molar-refractivity contribution in [1.29, 1.82) is 0 Å². The first kappa shape index (κ1) is 12.7. The average molecular weight is 251 g/mol. The van der Waals surface area contributed by atoms with E-state index in [-0.39, 0.29) is 25.2 Å². The molecule has 1 heterocycles. The Kier molecular flexibility index (Phi) is 3.43. The van der Waals surface area contributed by atoms with Crippen molar-refractivity contribution < 1.29 is 19.4 Å². The summed E-state index contributed by atoms with van der Waals surface area (Å²) in [5, 5.41) is 8.80. The summed E-state index contributed by atoms with van der Waals surface area (Å²) < 4.78 is 10.6. The van der Waals surface area contributed by atoms with Gasteiger partial charge in [-0.25, -0.2) is 0 Å². The number of hydrogen-bond acceptors (Lipinski definition) is 4. The second-order valence-electron chi connectivity index (χ2n) is 4.66. The number of carboxylic acids is 1. The number of nitrogens with two attached hydrogens (primary N) is 1. The van der Waals surface area contributed by atoms with E-state index < -0.39 is 5.97 Å². The Bertz CT molecular complexity index is 472. The first-order chi connectivity index (χ1) is 8.49. The van der Waals surface area contributed by atoms with Crippen LogP contribution in [0.5, 0.6) is 11.5 Å². The molecular weight excluding hydrogens is 234 g/mol. The fourth-order valence-electron chi connectivity index (χ4n) is 2.13. The molecule has 0 aliphatic carbocycles. The summed E-state index contributed by atoms with van der Waals surface area (Å²) in [4.78, 5) is 10.7. The molecule has 0 aromatic heterocycles. The minimum absolute atomic E-state index is 0.0506. The van der Waals surface area contributed by atoms with E-state index in [1.165, 1.54) is 0 Å². The molecule has 1 aliphatic rings. The quantitative estimate of drug-likeness (QED) is 0.853. The maximum absolute atomic E-state index is 10.7. The first-order valence-corrected chi connectivity index (χ1v) is 5.86. The summed E-state index contributed by atoms with van der Waals surface area (Å²) in [5.74, 6) is 0.417. The minimum Gasteiger partial charge on any atom is -0.481 e. The molecule has 0 bridgehead atoms. The standard InChI is InChI=1S/C13H17NO4/c1-7-3-10-11(18-6-17-10)5-9(7)13(14)8(2)4-12(15)16/h3,5,8,13H,4,6,14H2,1-2H3,(H,15,16). The summed E-state index contributed by atoms with van der Waals surface area (Å²) in [7, 11) is 0. The fourth-order valence-corrected chi connectivity index (χ4v) is 2.13. The normalized spacial score (nSPS) is 16.4. The second-order valence-corrected chi connectivity index (χ2v) is 4.66. The van der Waals surface area contributed by atoms with E-state index in [0.29, 0.717) is 11.5 Å². The molecule has 5 heteroatoms. The van der Waals surface area contributed by atoms with Crippen LogP contribution in [0.2, 0.25) is 0 Å². The summed E-state index contributed by atoms with van der Waals surface area (Å²) in [5.41, 5.74) is 8.02. The summed E-state index contributed by atoms with van der Waals surface area (Å²) >= 11 is 0. The van der Waals surface area contributed by atoms with Crippen molar-refractivity contribution in [2.75, 3.05) is 6.79 Å². The van der Waals surface area contributed by atoms with Crippen LogP contribution in [0, 0.1) is 12.8 Å². The molecule has 0 saturated heterocycles. The van der Waals surface area contributed by atoms with Crippen molar-refractivity contribution in [3.63, 3.8) is 0 Å². The van der Waals surface area contributed by atoms with Gasteiger partial charge in [0.25, 0.3) is 0 Å². The molecular formula is C13H17NO4. The lowest BCUT2D eigenvalue weighted by atomic mass is 9.90. The summed E-state index contributed by atoms with van der Waals surface area (Å²) in [6.07, 6.45) is 0.0506. The van der Waals surface area contributed by atoms with Gasteiger partial charge in [0.1, 0.15) is 0 Å². The van der Waals surface area contributed by atoms with Gasteiger partial charge >= 0.3 is 5.97 Å². The molecule has 0 saturated carbocycles. The van der Waals surface area contributed by atoms with Gasteiger partial charge in [0, 0.05) is 12.5 Å². The molecule has 1 aromatic rings. The van der Waals surface area contributed by atoms with Gasteiger partial charge in [-0.15, -0.1) is 0 Å². The van der Waals surface area contributed by atoms with Gasteiger partial charge in [0.05, 0.1) is 0 Å². The molecule has 0 radical (unpaired) electrons. The topological polar surface area (TPSA) is 81.8 Å². The van der Waals surface area contributed by atoms with Gasteiger partial charge in [-0.05, 0) is 36.1 Å². The molecule has 1 aliphatic heterocycles. The highest BCUT2D eigenvalue weighted by Gasteiger charge is 2.23. The highest BCUT2D eigenvalue weighted by Crippen LogP contribution is 2.37. The number of carboxylic acid groups (broad SMARTS) is 1. The number of aryl methyl sites for hydroxylation is 1. The zero-order valence-corrected chi connectivity index (χ0v) is 10.5. The Morgan fingerprint density at radius 3 is 2.67 bits per heavy atom. The van der Waals surface area contributed by atoms with Crippen LogP contribution in [0.1, 0.15) is 30.5 Å². The average Bonchev–Trinajstić information content (AvgIpc) is 2.72. The highest BCUT2D eigenvalue weighted by atomic mass is 16.7. The van der Waals surface area contributed by atoms with Crippen LogP contribution in [0.3, 0.4) is 0 Å². The third kappa shape index (κ3) is 2.41. The molecule has 0 spiro atoms. The van der Waals surface area contributed by atoms with E-state index in [4.69, 9.17) is 20.3 Å². The molecule has 2 rings (SSSR count). The van der Waals surface area contributed by atoms with Crippen LogP contribution < -0.4 is 15.2 Å². The van der Waals surface area contributed by atoms with E-state index in [1.807, 2.05) is 26.0 Å². The van der Waals surface area contributed by atoms with Crippen molar-refractivity contribution in [2.45, 2.75) is 26.3 Å². The Balaban J connectivity index is 2.25. The summed E-state index contributed by atoms with van der Waals surface area (Å²) in [6.45, 7) is 3.99. The molecule has 98 valence electrons. The van der Waals surface area contributed by atoms with Crippen molar-refractivity contribution in [2.24, 2.45) is 11.7 Å².